The standard InChI is InChI=1S/C12H9BrF3NO2/c1-2-19-11(18)9-4-10(12(14,15)16)8(6-17)3-7(9)5-13/h3-4H,2,5H2,1H3. The molecule has 102 valence electrons. The predicted molar refractivity (Wildman–Crippen MR) is 64.7 cm³/mol. The zero-order chi connectivity index (χ0) is 14.6. The molecule has 1 aromatic carbocycles. The number of benzene rings is 1. The van der Waals surface area contributed by atoms with E-state index < -0.39 is 23.3 Å². The minimum absolute atomic E-state index is 0.0575. The molecular formula is C12H9BrF3NO2. The topological polar surface area (TPSA) is 50.1 Å². The molecule has 0 fully saturated rings. The SMILES string of the molecule is CCOC(=O)c1cc(C(F)(F)F)c(C#N)cc1CBr. The summed E-state index contributed by atoms with van der Waals surface area (Å²) in [5.41, 5.74) is -1.56. The molecule has 1 rings (SSSR count). The molecule has 0 N–H and O–H groups in total. The maximum Gasteiger partial charge on any atom is 0.417 e. The number of hydrogen-bond acceptors (Lipinski definition) is 3. The number of nitriles is 1. The molecule has 0 aromatic heterocycles. The van der Waals surface area contributed by atoms with Gasteiger partial charge in [-0.2, -0.15) is 18.4 Å². The normalized spacial score (nSPS) is 10.9. The van der Waals surface area contributed by atoms with Crippen LogP contribution in [0.5, 0.6) is 0 Å². The van der Waals surface area contributed by atoms with Crippen LogP contribution in [0.4, 0.5) is 13.2 Å². The molecule has 0 saturated heterocycles. The van der Waals surface area contributed by atoms with Crippen molar-refractivity contribution in [1.82, 2.24) is 0 Å². The van der Waals surface area contributed by atoms with Gasteiger partial charge in [0.15, 0.2) is 0 Å². The molecular weight excluding hydrogens is 327 g/mol. The Morgan fingerprint density at radius 2 is 2.11 bits per heavy atom. The highest BCUT2D eigenvalue weighted by atomic mass is 79.9. The van der Waals surface area contributed by atoms with Crippen molar-refractivity contribution in [2.24, 2.45) is 0 Å². The number of carbonyl (C=O) groups is 1. The highest BCUT2D eigenvalue weighted by Crippen LogP contribution is 2.34. The van der Waals surface area contributed by atoms with Gasteiger partial charge in [-0.05, 0) is 24.6 Å². The van der Waals surface area contributed by atoms with Crippen molar-refractivity contribution in [2.45, 2.75) is 18.4 Å². The summed E-state index contributed by atoms with van der Waals surface area (Å²) < 4.78 is 43.1. The number of carbonyl (C=O) groups excluding carboxylic acids is 1. The summed E-state index contributed by atoms with van der Waals surface area (Å²) in [6.07, 6.45) is -4.70. The molecule has 0 aliphatic rings. The van der Waals surface area contributed by atoms with E-state index in [0.29, 0.717) is 6.07 Å². The summed E-state index contributed by atoms with van der Waals surface area (Å²) in [6.45, 7) is 1.61. The third-order valence-corrected chi connectivity index (χ3v) is 2.91. The van der Waals surface area contributed by atoms with Crippen LogP contribution in [-0.4, -0.2) is 12.6 Å². The molecule has 3 nitrogen and oxygen atoms in total. The molecule has 0 aliphatic carbocycles. The van der Waals surface area contributed by atoms with Crippen molar-refractivity contribution in [3.8, 4) is 6.07 Å². The molecule has 0 saturated carbocycles. The minimum Gasteiger partial charge on any atom is -0.462 e. The third kappa shape index (κ3) is 3.47. The molecule has 7 heteroatoms. The first-order valence-corrected chi connectivity index (χ1v) is 6.34. The summed E-state index contributed by atoms with van der Waals surface area (Å²) in [6, 6.07) is 3.19. The fraction of sp³-hybridized carbons (Fsp3) is 0.333. The number of esters is 1. The van der Waals surface area contributed by atoms with Crippen LogP contribution in [0.3, 0.4) is 0 Å². The zero-order valence-corrected chi connectivity index (χ0v) is 11.4. The van der Waals surface area contributed by atoms with E-state index in [0.717, 1.165) is 6.07 Å². The van der Waals surface area contributed by atoms with E-state index in [-0.39, 0.29) is 23.1 Å². The smallest absolute Gasteiger partial charge is 0.417 e. The van der Waals surface area contributed by atoms with E-state index in [2.05, 4.69) is 15.9 Å². The van der Waals surface area contributed by atoms with Gasteiger partial charge < -0.3 is 4.74 Å². The largest absolute Gasteiger partial charge is 0.462 e. The minimum atomic E-state index is -4.70. The fourth-order valence-electron chi connectivity index (χ4n) is 1.48. The van der Waals surface area contributed by atoms with Crippen molar-refractivity contribution in [1.29, 1.82) is 5.26 Å². The van der Waals surface area contributed by atoms with Gasteiger partial charge in [0.2, 0.25) is 0 Å². The average molecular weight is 336 g/mol. The third-order valence-electron chi connectivity index (χ3n) is 2.31. The first-order chi connectivity index (χ1) is 8.85. The Kier molecular flexibility index (Phi) is 4.95. The lowest BCUT2D eigenvalue weighted by Crippen LogP contribution is -2.14. The zero-order valence-electron chi connectivity index (χ0n) is 9.84. The Balaban J connectivity index is 3.47. The second-order valence-corrected chi connectivity index (χ2v) is 4.08. The van der Waals surface area contributed by atoms with Crippen molar-refractivity contribution in [3.63, 3.8) is 0 Å². The second kappa shape index (κ2) is 6.06. The lowest BCUT2D eigenvalue weighted by molar-refractivity contribution is -0.137. The molecule has 0 atom stereocenters. The quantitative estimate of drug-likeness (QED) is 0.625. The Morgan fingerprint density at radius 3 is 2.53 bits per heavy atom. The van der Waals surface area contributed by atoms with Crippen LogP contribution >= 0.6 is 15.9 Å². The summed E-state index contributed by atoms with van der Waals surface area (Å²) in [5, 5.41) is 8.90. The van der Waals surface area contributed by atoms with E-state index in [9.17, 15) is 18.0 Å². The Morgan fingerprint density at radius 1 is 1.47 bits per heavy atom. The van der Waals surface area contributed by atoms with Crippen LogP contribution in [0.2, 0.25) is 0 Å². The molecule has 0 spiro atoms. The van der Waals surface area contributed by atoms with Gasteiger partial charge in [-0.3, -0.25) is 0 Å². The Labute approximate surface area is 116 Å². The van der Waals surface area contributed by atoms with Crippen LogP contribution in [0.1, 0.15) is 34.0 Å². The van der Waals surface area contributed by atoms with Gasteiger partial charge in [0, 0.05) is 5.33 Å². The van der Waals surface area contributed by atoms with Gasteiger partial charge in [-0.25, -0.2) is 4.79 Å². The van der Waals surface area contributed by atoms with Crippen molar-refractivity contribution in [3.05, 3.63) is 34.4 Å². The van der Waals surface area contributed by atoms with Crippen LogP contribution < -0.4 is 0 Å². The van der Waals surface area contributed by atoms with Crippen LogP contribution in [0, 0.1) is 11.3 Å². The number of halogens is 4. The lowest BCUT2D eigenvalue weighted by Gasteiger charge is -2.13. The van der Waals surface area contributed by atoms with Crippen LogP contribution in [-0.2, 0) is 16.2 Å². The number of rotatable bonds is 3. The second-order valence-electron chi connectivity index (χ2n) is 3.52. The monoisotopic (exact) mass is 335 g/mol. The van der Waals surface area contributed by atoms with Crippen molar-refractivity contribution < 1.29 is 22.7 Å². The molecule has 0 radical (unpaired) electrons. The maximum atomic E-state index is 12.8. The van der Waals surface area contributed by atoms with Crippen LogP contribution in [0.15, 0.2) is 12.1 Å². The Hall–Kier alpha value is -1.55. The van der Waals surface area contributed by atoms with E-state index in [1.165, 1.54) is 6.07 Å². The van der Waals surface area contributed by atoms with E-state index >= 15 is 0 Å². The van der Waals surface area contributed by atoms with Gasteiger partial charge in [-0.1, -0.05) is 15.9 Å². The fourth-order valence-corrected chi connectivity index (χ4v) is 1.94. The molecule has 1 aromatic rings. The molecule has 19 heavy (non-hydrogen) atoms. The van der Waals surface area contributed by atoms with E-state index in [1.807, 2.05) is 0 Å². The summed E-state index contributed by atoms with van der Waals surface area (Å²) in [7, 11) is 0. The number of ether oxygens (including phenoxy) is 1. The van der Waals surface area contributed by atoms with E-state index in [1.54, 1.807) is 6.92 Å². The highest BCUT2D eigenvalue weighted by molar-refractivity contribution is 9.08. The number of alkyl halides is 4. The summed E-state index contributed by atoms with van der Waals surface area (Å²) >= 11 is 3.07. The Bertz CT molecular complexity index is 535. The lowest BCUT2D eigenvalue weighted by atomic mass is 9.99. The van der Waals surface area contributed by atoms with Gasteiger partial charge >= 0.3 is 12.1 Å². The summed E-state index contributed by atoms with van der Waals surface area (Å²) in [4.78, 5) is 11.6. The maximum absolute atomic E-state index is 12.8. The van der Waals surface area contributed by atoms with E-state index in [4.69, 9.17) is 10.00 Å². The average Bonchev–Trinajstić information content (AvgIpc) is 2.36. The van der Waals surface area contributed by atoms with Gasteiger partial charge in [0.25, 0.3) is 0 Å². The van der Waals surface area contributed by atoms with Gasteiger partial charge in [-0.15, -0.1) is 0 Å². The number of hydrogen-bond donors (Lipinski definition) is 0. The first kappa shape index (κ1) is 15.5. The number of nitrogens with zero attached hydrogens (tertiary/aromatic N) is 1. The van der Waals surface area contributed by atoms with Crippen LogP contribution in [0.25, 0.3) is 0 Å². The molecule has 0 heterocycles. The molecule has 0 aliphatic heterocycles. The molecule has 0 bridgehead atoms. The predicted octanol–water partition coefficient (Wildman–Crippen LogP) is 3.65. The highest BCUT2D eigenvalue weighted by Gasteiger charge is 2.35. The van der Waals surface area contributed by atoms with Gasteiger partial charge in [0.1, 0.15) is 0 Å². The van der Waals surface area contributed by atoms with Crippen molar-refractivity contribution >= 4 is 21.9 Å². The van der Waals surface area contributed by atoms with Gasteiger partial charge in [0.05, 0.1) is 29.4 Å². The molecule has 0 unspecified atom stereocenters. The summed E-state index contributed by atoms with van der Waals surface area (Å²) in [5.74, 6) is -0.841. The van der Waals surface area contributed by atoms with Crippen molar-refractivity contribution in [2.75, 3.05) is 6.61 Å². The first-order valence-electron chi connectivity index (χ1n) is 5.22. The molecule has 0 amide bonds.